The molecule has 0 aliphatic carbocycles. The minimum Gasteiger partial charge on any atom is -0.387 e. The number of aromatic nitrogens is 2. The van der Waals surface area contributed by atoms with E-state index in [1.54, 1.807) is 18.2 Å². The van der Waals surface area contributed by atoms with Crippen molar-refractivity contribution in [3.8, 4) is 0 Å². The van der Waals surface area contributed by atoms with Crippen molar-refractivity contribution in [3.05, 3.63) is 71.4 Å². The van der Waals surface area contributed by atoms with Gasteiger partial charge in [-0.15, -0.1) is 0 Å². The third kappa shape index (κ3) is 2.86. The average Bonchev–Trinajstić information content (AvgIpc) is 2.92. The maximum Gasteiger partial charge on any atom is 0.139 e. The van der Waals surface area contributed by atoms with Gasteiger partial charge in [0.1, 0.15) is 11.5 Å². The van der Waals surface area contributed by atoms with E-state index >= 15 is 0 Å². The molecular weight excluding hydrogens is 281 g/mol. The lowest BCUT2D eigenvalue weighted by Gasteiger charge is -2.13. The van der Waals surface area contributed by atoms with Gasteiger partial charge in [-0.3, -0.25) is 0 Å². The van der Waals surface area contributed by atoms with Gasteiger partial charge in [-0.1, -0.05) is 24.3 Å². The second-order valence-electron chi connectivity index (χ2n) is 5.30. The molecule has 2 N–H and O–H groups in total. The van der Waals surface area contributed by atoms with Gasteiger partial charge in [-0.25, -0.2) is 9.37 Å². The van der Waals surface area contributed by atoms with E-state index in [0.29, 0.717) is 12.1 Å². The Morgan fingerprint density at radius 3 is 2.91 bits per heavy atom. The van der Waals surface area contributed by atoms with Gasteiger partial charge in [0.05, 0.1) is 18.0 Å². The standard InChI is InChI=1S/C17H18FN3O/c1-12-5-4-8-21-13(10-20-17(12)21)9-19-11-16(22)14-6-2-3-7-15(14)18/h2-8,10,16,19,22H,9,11H2,1H3. The monoisotopic (exact) mass is 299 g/mol. The molecule has 22 heavy (non-hydrogen) atoms. The molecule has 0 fully saturated rings. The Morgan fingerprint density at radius 1 is 1.27 bits per heavy atom. The van der Waals surface area contributed by atoms with Crippen molar-refractivity contribution in [2.24, 2.45) is 0 Å². The van der Waals surface area contributed by atoms with E-state index in [1.165, 1.54) is 6.07 Å². The zero-order valence-electron chi connectivity index (χ0n) is 12.3. The van der Waals surface area contributed by atoms with Crippen LogP contribution < -0.4 is 5.32 Å². The van der Waals surface area contributed by atoms with Gasteiger partial charge in [0, 0.05) is 24.8 Å². The number of aliphatic hydroxyl groups is 1. The summed E-state index contributed by atoms with van der Waals surface area (Å²) in [5.74, 6) is -0.387. The van der Waals surface area contributed by atoms with Crippen molar-refractivity contribution in [2.45, 2.75) is 19.6 Å². The maximum atomic E-state index is 13.6. The third-order valence-corrected chi connectivity index (χ3v) is 3.72. The second kappa shape index (κ2) is 6.25. The van der Waals surface area contributed by atoms with Crippen LogP contribution in [-0.4, -0.2) is 21.0 Å². The number of benzene rings is 1. The smallest absolute Gasteiger partial charge is 0.139 e. The van der Waals surface area contributed by atoms with E-state index in [0.717, 1.165) is 16.9 Å². The summed E-state index contributed by atoms with van der Waals surface area (Å²) >= 11 is 0. The number of hydrogen-bond acceptors (Lipinski definition) is 3. The van der Waals surface area contributed by atoms with Gasteiger partial charge in [0.2, 0.25) is 0 Å². The Labute approximate surface area is 128 Å². The van der Waals surface area contributed by atoms with Crippen LogP contribution in [0.25, 0.3) is 5.65 Å². The first-order valence-electron chi connectivity index (χ1n) is 7.21. The summed E-state index contributed by atoms with van der Waals surface area (Å²) in [6.45, 7) is 2.84. The Kier molecular flexibility index (Phi) is 4.18. The van der Waals surface area contributed by atoms with Crippen LogP contribution in [0.1, 0.15) is 22.9 Å². The van der Waals surface area contributed by atoms with Gasteiger partial charge in [0.25, 0.3) is 0 Å². The summed E-state index contributed by atoms with van der Waals surface area (Å²) in [6, 6.07) is 10.3. The van der Waals surface area contributed by atoms with Crippen LogP contribution in [0.15, 0.2) is 48.8 Å². The van der Waals surface area contributed by atoms with Crippen LogP contribution >= 0.6 is 0 Å². The minimum atomic E-state index is -0.873. The lowest BCUT2D eigenvalue weighted by Crippen LogP contribution is -2.22. The first kappa shape index (κ1) is 14.7. The summed E-state index contributed by atoms with van der Waals surface area (Å²) in [4.78, 5) is 4.39. The Bertz CT molecular complexity index is 784. The highest BCUT2D eigenvalue weighted by atomic mass is 19.1. The van der Waals surface area contributed by atoms with E-state index in [1.807, 2.05) is 35.9 Å². The number of imidazole rings is 1. The van der Waals surface area contributed by atoms with E-state index < -0.39 is 6.10 Å². The first-order chi connectivity index (χ1) is 10.7. The highest BCUT2D eigenvalue weighted by Crippen LogP contribution is 2.16. The van der Waals surface area contributed by atoms with Crippen molar-refractivity contribution in [1.29, 1.82) is 0 Å². The van der Waals surface area contributed by atoms with Gasteiger partial charge in [0.15, 0.2) is 0 Å². The van der Waals surface area contributed by atoms with Gasteiger partial charge >= 0.3 is 0 Å². The molecule has 0 aliphatic heterocycles. The van der Waals surface area contributed by atoms with Crippen molar-refractivity contribution in [2.75, 3.05) is 6.54 Å². The zero-order chi connectivity index (χ0) is 15.5. The number of nitrogens with one attached hydrogen (secondary N) is 1. The summed E-state index contributed by atoms with van der Waals surface area (Å²) < 4.78 is 15.6. The van der Waals surface area contributed by atoms with Crippen LogP contribution in [-0.2, 0) is 6.54 Å². The van der Waals surface area contributed by atoms with Crippen LogP contribution in [0, 0.1) is 12.7 Å². The molecule has 2 aromatic heterocycles. The van der Waals surface area contributed by atoms with Crippen LogP contribution in [0.2, 0.25) is 0 Å². The summed E-state index contributed by atoms with van der Waals surface area (Å²) in [6.07, 6.45) is 2.90. The zero-order valence-corrected chi connectivity index (χ0v) is 12.3. The third-order valence-electron chi connectivity index (χ3n) is 3.72. The predicted molar refractivity (Wildman–Crippen MR) is 83.0 cm³/mol. The van der Waals surface area contributed by atoms with Crippen LogP contribution in [0.3, 0.4) is 0 Å². The summed E-state index contributed by atoms with van der Waals surface area (Å²) in [7, 11) is 0. The Morgan fingerprint density at radius 2 is 2.09 bits per heavy atom. The molecular formula is C17H18FN3O. The number of hydrogen-bond donors (Lipinski definition) is 2. The average molecular weight is 299 g/mol. The van der Waals surface area contributed by atoms with E-state index in [2.05, 4.69) is 10.3 Å². The Balaban J connectivity index is 1.65. The summed E-state index contributed by atoms with van der Waals surface area (Å²) in [5.41, 5.74) is 3.34. The van der Waals surface area contributed by atoms with Crippen molar-refractivity contribution in [1.82, 2.24) is 14.7 Å². The van der Waals surface area contributed by atoms with Crippen molar-refractivity contribution < 1.29 is 9.50 Å². The molecule has 4 nitrogen and oxygen atoms in total. The highest BCUT2D eigenvalue weighted by Gasteiger charge is 2.12. The molecule has 0 amide bonds. The molecule has 0 bridgehead atoms. The molecule has 3 aromatic rings. The maximum absolute atomic E-state index is 13.6. The molecule has 1 atom stereocenters. The molecule has 1 aromatic carbocycles. The van der Waals surface area contributed by atoms with Gasteiger partial charge in [-0.05, 0) is 24.6 Å². The van der Waals surface area contributed by atoms with E-state index in [9.17, 15) is 9.50 Å². The largest absolute Gasteiger partial charge is 0.387 e. The number of aliphatic hydroxyl groups excluding tert-OH is 1. The summed E-state index contributed by atoms with van der Waals surface area (Å²) in [5, 5.41) is 13.2. The first-order valence-corrected chi connectivity index (χ1v) is 7.21. The van der Waals surface area contributed by atoms with Gasteiger partial charge < -0.3 is 14.8 Å². The molecule has 114 valence electrons. The lowest BCUT2D eigenvalue weighted by atomic mass is 10.1. The minimum absolute atomic E-state index is 0.278. The normalized spacial score (nSPS) is 12.7. The molecule has 5 heteroatoms. The molecule has 2 heterocycles. The van der Waals surface area contributed by atoms with E-state index in [4.69, 9.17) is 0 Å². The molecule has 3 rings (SSSR count). The second-order valence-corrected chi connectivity index (χ2v) is 5.30. The number of rotatable bonds is 5. The van der Waals surface area contributed by atoms with Crippen molar-refractivity contribution in [3.63, 3.8) is 0 Å². The lowest BCUT2D eigenvalue weighted by molar-refractivity contribution is 0.169. The van der Waals surface area contributed by atoms with Crippen LogP contribution in [0.5, 0.6) is 0 Å². The predicted octanol–water partition coefficient (Wildman–Crippen LogP) is 2.61. The number of pyridine rings is 1. The van der Waals surface area contributed by atoms with Crippen molar-refractivity contribution >= 4 is 5.65 Å². The number of nitrogens with zero attached hydrogens (tertiary/aromatic N) is 2. The fourth-order valence-corrected chi connectivity index (χ4v) is 2.53. The molecule has 0 saturated carbocycles. The fraction of sp³-hybridized carbons (Fsp3) is 0.235. The fourth-order valence-electron chi connectivity index (χ4n) is 2.53. The molecule has 0 spiro atoms. The Hall–Kier alpha value is -2.24. The molecule has 0 saturated heterocycles. The molecule has 0 radical (unpaired) electrons. The SMILES string of the molecule is Cc1cccn2c(CNCC(O)c3ccccc3F)cnc12. The number of fused-ring (bicyclic) bond motifs is 1. The quantitative estimate of drug-likeness (QED) is 0.761. The topological polar surface area (TPSA) is 49.6 Å². The van der Waals surface area contributed by atoms with Crippen LogP contribution in [0.4, 0.5) is 4.39 Å². The number of aryl methyl sites for hydroxylation is 1. The highest BCUT2D eigenvalue weighted by molar-refractivity contribution is 5.48. The van der Waals surface area contributed by atoms with Gasteiger partial charge in [-0.2, -0.15) is 0 Å². The van der Waals surface area contributed by atoms with E-state index in [-0.39, 0.29) is 12.4 Å². The molecule has 1 unspecified atom stereocenters. The number of halogens is 1. The molecule has 0 aliphatic rings.